The highest BCUT2D eigenvalue weighted by Crippen LogP contribution is 2.35. The van der Waals surface area contributed by atoms with Crippen LogP contribution in [0.2, 0.25) is 0 Å². The molecule has 0 radical (unpaired) electrons. The second-order valence-electron chi connectivity index (χ2n) is 5.33. The lowest BCUT2D eigenvalue weighted by Crippen LogP contribution is -2.43. The fraction of sp³-hybridized carbons (Fsp3) is 0.400. The Kier molecular flexibility index (Phi) is 3.73. The van der Waals surface area contributed by atoms with Gasteiger partial charge in [-0.15, -0.1) is 16.4 Å². The highest BCUT2D eigenvalue weighted by Gasteiger charge is 2.34. The predicted octanol–water partition coefficient (Wildman–Crippen LogP) is 2.06. The van der Waals surface area contributed by atoms with E-state index in [1.54, 1.807) is 23.5 Å². The first-order valence-electron chi connectivity index (χ1n) is 6.88. The van der Waals surface area contributed by atoms with Gasteiger partial charge in [0.05, 0.1) is 18.8 Å². The van der Waals surface area contributed by atoms with E-state index in [9.17, 15) is 4.79 Å². The van der Waals surface area contributed by atoms with E-state index in [4.69, 9.17) is 4.74 Å². The molecule has 5 nitrogen and oxygen atoms in total. The van der Waals surface area contributed by atoms with Gasteiger partial charge in [0.2, 0.25) is 0 Å². The van der Waals surface area contributed by atoms with Crippen LogP contribution >= 0.6 is 11.3 Å². The smallest absolute Gasteiger partial charge is 0.271 e. The highest BCUT2D eigenvalue weighted by atomic mass is 32.1. The maximum Gasteiger partial charge on any atom is 0.271 e. The Morgan fingerprint density at radius 1 is 1.43 bits per heavy atom. The van der Waals surface area contributed by atoms with Gasteiger partial charge in [-0.1, -0.05) is 0 Å². The van der Waals surface area contributed by atoms with Crippen LogP contribution < -0.4 is 5.32 Å². The van der Waals surface area contributed by atoms with E-state index in [0.29, 0.717) is 18.8 Å². The number of ether oxygens (including phenoxy) is 1. The van der Waals surface area contributed by atoms with Gasteiger partial charge in [-0.2, -0.15) is 5.10 Å². The largest absolute Gasteiger partial charge is 0.368 e. The zero-order valence-electron chi connectivity index (χ0n) is 12.0. The third-order valence-corrected chi connectivity index (χ3v) is 4.66. The van der Waals surface area contributed by atoms with Crippen LogP contribution in [0, 0.1) is 6.92 Å². The third-order valence-electron chi connectivity index (χ3n) is 3.68. The van der Waals surface area contributed by atoms with Gasteiger partial charge >= 0.3 is 0 Å². The second kappa shape index (κ2) is 5.54. The molecule has 110 valence electrons. The molecule has 1 atom stereocenters. The molecule has 1 amide bonds. The SMILES string of the molecule is Cc1ccc(C(=O)NCC2(C)OCCc3sccc32)nn1. The standard InChI is InChI=1S/C15H17N3O2S/c1-10-3-4-12(18-17-10)14(19)16-9-15(2)11-6-8-21-13(11)5-7-20-15/h3-4,6,8H,5,7,9H2,1-2H3,(H,16,19). The van der Waals surface area contributed by atoms with Gasteiger partial charge in [-0.3, -0.25) is 4.79 Å². The van der Waals surface area contributed by atoms with E-state index in [-0.39, 0.29) is 5.91 Å². The summed E-state index contributed by atoms with van der Waals surface area (Å²) < 4.78 is 5.91. The van der Waals surface area contributed by atoms with Crippen LogP contribution in [0.3, 0.4) is 0 Å². The number of aromatic nitrogens is 2. The molecule has 6 heteroatoms. The molecule has 0 saturated carbocycles. The molecule has 1 aliphatic rings. The van der Waals surface area contributed by atoms with Gasteiger partial charge in [-0.05, 0) is 43.0 Å². The van der Waals surface area contributed by atoms with Crippen LogP contribution in [0.4, 0.5) is 0 Å². The van der Waals surface area contributed by atoms with Gasteiger partial charge in [0.25, 0.3) is 5.91 Å². The summed E-state index contributed by atoms with van der Waals surface area (Å²) in [6.07, 6.45) is 0.944. The summed E-state index contributed by atoms with van der Waals surface area (Å²) in [6.45, 7) is 4.96. The Bertz CT molecular complexity index is 653. The summed E-state index contributed by atoms with van der Waals surface area (Å²) in [4.78, 5) is 13.5. The van der Waals surface area contributed by atoms with Gasteiger partial charge < -0.3 is 10.1 Å². The van der Waals surface area contributed by atoms with E-state index in [0.717, 1.165) is 12.1 Å². The van der Waals surface area contributed by atoms with Crippen LogP contribution in [0.1, 0.15) is 33.5 Å². The van der Waals surface area contributed by atoms with E-state index in [1.165, 1.54) is 10.4 Å². The first-order valence-corrected chi connectivity index (χ1v) is 7.76. The van der Waals surface area contributed by atoms with E-state index < -0.39 is 5.60 Å². The number of carbonyl (C=O) groups is 1. The van der Waals surface area contributed by atoms with Crippen molar-refractivity contribution >= 4 is 17.2 Å². The maximum absolute atomic E-state index is 12.1. The fourth-order valence-corrected chi connectivity index (χ4v) is 3.44. The molecule has 21 heavy (non-hydrogen) atoms. The Morgan fingerprint density at radius 2 is 2.29 bits per heavy atom. The molecule has 0 saturated heterocycles. The lowest BCUT2D eigenvalue weighted by atomic mass is 9.93. The summed E-state index contributed by atoms with van der Waals surface area (Å²) in [5.74, 6) is -0.227. The number of amides is 1. The van der Waals surface area contributed by atoms with E-state index in [1.807, 2.05) is 13.8 Å². The fourth-order valence-electron chi connectivity index (χ4n) is 2.46. The van der Waals surface area contributed by atoms with Crippen LogP contribution in [0.5, 0.6) is 0 Å². The molecule has 1 unspecified atom stereocenters. The van der Waals surface area contributed by atoms with Crippen LogP contribution in [-0.4, -0.2) is 29.3 Å². The van der Waals surface area contributed by atoms with E-state index in [2.05, 4.69) is 27.0 Å². The van der Waals surface area contributed by atoms with Crippen LogP contribution in [0.15, 0.2) is 23.6 Å². The molecule has 0 aromatic carbocycles. The summed E-state index contributed by atoms with van der Waals surface area (Å²) in [5, 5.41) is 12.8. The monoisotopic (exact) mass is 303 g/mol. The molecule has 3 heterocycles. The number of hydrogen-bond acceptors (Lipinski definition) is 5. The van der Waals surface area contributed by atoms with Gasteiger partial charge in [0, 0.05) is 11.3 Å². The number of fused-ring (bicyclic) bond motifs is 1. The van der Waals surface area contributed by atoms with Crippen molar-refractivity contribution in [3.05, 3.63) is 45.4 Å². The first kappa shape index (κ1) is 14.2. The predicted molar refractivity (Wildman–Crippen MR) is 80.4 cm³/mol. The Morgan fingerprint density at radius 3 is 3.05 bits per heavy atom. The van der Waals surface area contributed by atoms with Crippen molar-refractivity contribution in [2.24, 2.45) is 0 Å². The number of rotatable bonds is 3. The molecule has 0 aliphatic carbocycles. The van der Waals surface area contributed by atoms with Crippen molar-refractivity contribution in [1.82, 2.24) is 15.5 Å². The minimum Gasteiger partial charge on any atom is -0.368 e. The second-order valence-corrected chi connectivity index (χ2v) is 6.33. The molecular weight excluding hydrogens is 286 g/mol. The number of nitrogens with one attached hydrogen (secondary N) is 1. The van der Waals surface area contributed by atoms with Crippen molar-refractivity contribution in [2.45, 2.75) is 25.9 Å². The molecule has 1 aliphatic heterocycles. The van der Waals surface area contributed by atoms with Crippen molar-refractivity contribution in [3.8, 4) is 0 Å². The van der Waals surface area contributed by atoms with Crippen molar-refractivity contribution in [2.75, 3.05) is 13.2 Å². The Balaban J connectivity index is 1.71. The third kappa shape index (κ3) is 2.82. The number of aryl methyl sites for hydroxylation is 1. The molecule has 1 N–H and O–H groups in total. The summed E-state index contributed by atoms with van der Waals surface area (Å²) >= 11 is 1.74. The van der Waals surface area contributed by atoms with Gasteiger partial charge in [-0.25, -0.2) is 0 Å². The quantitative estimate of drug-likeness (QED) is 0.942. The lowest BCUT2D eigenvalue weighted by Gasteiger charge is -2.34. The maximum atomic E-state index is 12.1. The molecule has 0 fully saturated rings. The topological polar surface area (TPSA) is 64.1 Å². The average Bonchev–Trinajstić information content (AvgIpc) is 2.96. The zero-order chi connectivity index (χ0) is 14.9. The number of thiophene rings is 1. The lowest BCUT2D eigenvalue weighted by molar-refractivity contribution is -0.0426. The number of nitrogens with zero attached hydrogens (tertiary/aromatic N) is 2. The molecule has 0 spiro atoms. The molecule has 3 rings (SSSR count). The summed E-state index contributed by atoms with van der Waals surface area (Å²) in [6, 6.07) is 5.53. The highest BCUT2D eigenvalue weighted by molar-refractivity contribution is 7.10. The molecule has 0 bridgehead atoms. The normalized spacial score (nSPS) is 20.9. The van der Waals surface area contributed by atoms with Crippen molar-refractivity contribution < 1.29 is 9.53 Å². The molecular formula is C15H17N3O2S. The minimum absolute atomic E-state index is 0.227. The Labute approximate surface area is 127 Å². The number of carbonyl (C=O) groups excluding carboxylic acids is 1. The van der Waals surface area contributed by atoms with Crippen molar-refractivity contribution in [1.29, 1.82) is 0 Å². The average molecular weight is 303 g/mol. The first-order chi connectivity index (χ1) is 10.1. The van der Waals surface area contributed by atoms with Gasteiger partial charge in [0.1, 0.15) is 5.60 Å². The molecule has 2 aromatic rings. The van der Waals surface area contributed by atoms with E-state index >= 15 is 0 Å². The summed E-state index contributed by atoms with van der Waals surface area (Å²) in [7, 11) is 0. The minimum atomic E-state index is -0.471. The zero-order valence-corrected chi connectivity index (χ0v) is 12.9. The summed E-state index contributed by atoms with van der Waals surface area (Å²) in [5.41, 5.74) is 1.82. The molecule has 2 aromatic heterocycles. The van der Waals surface area contributed by atoms with Crippen molar-refractivity contribution in [3.63, 3.8) is 0 Å². The number of hydrogen-bond donors (Lipinski definition) is 1. The van der Waals surface area contributed by atoms with Gasteiger partial charge in [0.15, 0.2) is 5.69 Å². The Hall–Kier alpha value is -1.79. The van der Waals surface area contributed by atoms with Crippen LogP contribution in [0.25, 0.3) is 0 Å². The van der Waals surface area contributed by atoms with Crippen LogP contribution in [-0.2, 0) is 16.8 Å².